The van der Waals surface area contributed by atoms with Crippen molar-refractivity contribution in [3.05, 3.63) is 52.0 Å². The number of halogens is 3. The van der Waals surface area contributed by atoms with Crippen LogP contribution in [0.3, 0.4) is 0 Å². The van der Waals surface area contributed by atoms with Gasteiger partial charge in [0.1, 0.15) is 17.2 Å². The molecule has 1 aromatic heterocycles. The van der Waals surface area contributed by atoms with E-state index in [1.807, 2.05) is 25.1 Å². The van der Waals surface area contributed by atoms with Gasteiger partial charge in [0.2, 0.25) is 0 Å². The van der Waals surface area contributed by atoms with Crippen molar-refractivity contribution in [2.45, 2.75) is 6.92 Å². The van der Waals surface area contributed by atoms with Crippen molar-refractivity contribution in [3.63, 3.8) is 0 Å². The predicted octanol–water partition coefficient (Wildman–Crippen LogP) is 4.58. The molecule has 3 rings (SSSR count). The van der Waals surface area contributed by atoms with Crippen molar-refractivity contribution in [2.24, 2.45) is 0 Å². The van der Waals surface area contributed by atoms with Crippen LogP contribution in [0, 0.1) is 18.6 Å². The maximum atomic E-state index is 13.6. The van der Waals surface area contributed by atoms with E-state index in [0.29, 0.717) is 11.3 Å². The lowest BCUT2D eigenvalue weighted by Crippen LogP contribution is -1.83. The molecule has 3 aromatic rings. The number of fused-ring (bicyclic) bond motifs is 1. The number of hydrogen-bond donors (Lipinski definition) is 1. The van der Waals surface area contributed by atoms with Gasteiger partial charge >= 0.3 is 0 Å². The predicted molar refractivity (Wildman–Crippen MR) is 73.9 cm³/mol. The molecule has 19 heavy (non-hydrogen) atoms. The molecule has 0 aliphatic heterocycles. The van der Waals surface area contributed by atoms with Gasteiger partial charge in [-0.25, -0.2) is 13.8 Å². The van der Waals surface area contributed by atoms with Gasteiger partial charge in [-0.3, -0.25) is 0 Å². The third kappa shape index (κ3) is 2.14. The van der Waals surface area contributed by atoms with Crippen LogP contribution in [0.1, 0.15) is 5.56 Å². The molecule has 0 saturated carbocycles. The zero-order valence-electron chi connectivity index (χ0n) is 9.97. The normalized spacial score (nSPS) is 11.2. The van der Waals surface area contributed by atoms with Crippen molar-refractivity contribution in [2.75, 3.05) is 0 Å². The smallest absolute Gasteiger partial charge is 0.153 e. The van der Waals surface area contributed by atoms with Crippen LogP contribution in [0.15, 0.2) is 34.8 Å². The van der Waals surface area contributed by atoms with Crippen molar-refractivity contribution in [3.8, 4) is 11.4 Å². The van der Waals surface area contributed by atoms with E-state index in [4.69, 9.17) is 0 Å². The Labute approximate surface area is 116 Å². The van der Waals surface area contributed by atoms with Crippen molar-refractivity contribution in [1.82, 2.24) is 9.97 Å². The third-order valence-electron chi connectivity index (χ3n) is 2.88. The van der Waals surface area contributed by atoms with Crippen LogP contribution in [0.5, 0.6) is 0 Å². The number of aryl methyl sites for hydroxylation is 1. The van der Waals surface area contributed by atoms with Gasteiger partial charge in [0.05, 0.1) is 5.52 Å². The molecule has 96 valence electrons. The number of benzene rings is 2. The second-order valence-electron chi connectivity index (χ2n) is 4.35. The topological polar surface area (TPSA) is 28.7 Å². The maximum Gasteiger partial charge on any atom is 0.153 e. The summed E-state index contributed by atoms with van der Waals surface area (Å²) < 4.78 is 27.6. The highest BCUT2D eigenvalue weighted by Crippen LogP contribution is 2.29. The van der Waals surface area contributed by atoms with Gasteiger partial charge in [0.15, 0.2) is 5.82 Å². The Morgan fingerprint density at radius 1 is 1.16 bits per heavy atom. The summed E-state index contributed by atoms with van der Waals surface area (Å²) in [5.41, 5.74) is 2.40. The van der Waals surface area contributed by atoms with Crippen LogP contribution in [-0.2, 0) is 0 Å². The van der Waals surface area contributed by atoms with Crippen LogP contribution >= 0.6 is 15.9 Å². The summed E-state index contributed by atoms with van der Waals surface area (Å²) >= 11 is 3.45. The first-order valence-corrected chi connectivity index (χ1v) is 6.45. The number of rotatable bonds is 1. The molecule has 0 radical (unpaired) electrons. The number of nitrogens with one attached hydrogen (secondary N) is 1. The quantitative estimate of drug-likeness (QED) is 0.698. The Morgan fingerprint density at radius 3 is 2.68 bits per heavy atom. The molecule has 0 aliphatic rings. The zero-order chi connectivity index (χ0) is 13.6. The van der Waals surface area contributed by atoms with E-state index in [2.05, 4.69) is 25.9 Å². The molecule has 0 saturated heterocycles. The van der Waals surface area contributed by atoms with Gasteiger partial charge in [0, 0.05) is 16.1 Å². The van der Waals surface area contributed by atoms with E-state index in [1.165, 1.54) is 6.07 Å². The summed E-state index contributed by atoms with van der Waals surface area (Å²) in [5, 5.41) is 0. The maximum absolute atomic E-state index is 13.6. The van der Waals surface area contributed by atoms with E-state index in [9.17, 15) is 8.78 Å². The number of imidazole rings is 1. The Hall–Kier alpha value is -1.75. The molecule has 0 bridgehead atoms. The van der Waals surface area contributed by atoms with Gasteiger partial charge in [-0.05, 0) is 30.7 Å². The molecule has 0 fully saturated rings. The highest BCUT2D eigenvalue weighted by atomic mass is 79.9. The average molecular weight is 323 g/mol. The second-order valence-corrected chi connectivity index (χ2v) is 5.21. The van der Waals surface area contributed by atoms with E-state index in [0.717, 1.165) is 21.7 Å². The molecule has 0 aliphatic carbocycles. The summed E-state index contributed by atoms with van der Waals surface area (Å²) in [6.45, 7) is 1.97. The van der Waals surface area contributed by atoms with Gasteiger partial charge in [-0.2, -0.15) is 0 Å². The Morgan fingerprint density at radius 2 is 1.95 bits per heavy atom. The van der Waals surface area contributed by atoms with Crippen LogP contribution < -0.4 is 0 Å². The fourth-order valence-electron chi connectivity index (χ4n) is 1.98. The summed E-state index contributed by atoms with van der Waals surface area (Å²) in [6, 6.07) is 7.82. The largest absolute Gasteiger partial charge is 0.338 e. The van der Waals surface area contributed by atoms with Gasteiger partial charge in [0.25, 0.3) is 0 Å². The van der Waals surface area contributed by atoms with E-state index in [1.54, 1.807) is 0 Å². The molecule has 0 atom stereocenters. The molecule has 1 heterocycles. The molecule has 2 nitrogen and oxygen atoms in total. The Bertz CT molecular complexity index is 780. The number of aromatic amines is 1. The number of H-pyrrole nitrogens is 1. The van der Waals surface area contributed by atoms with Crippen LogP contribution in [0.25, 0.3) is 22.4 Å². The molecule has 2 aromatic carbocycles. The molecule has 0 amide bonds. The minimum atomic E-state index is -0.666. The zero-order valence-corrected chi connectivity index (χ0v) is 11.6. The third-order valence-corrected chi connectivity index (χ3v) is 3.54. The van der Waals surface area contributed by atoms with Crippen molar-refractivity contribution < 1.29 is 8.78 Å². The molecule has 5 heteroatoms. The van der Waals surface area contributed by atoms with E-state index < -0.39 is 11.6 Å². The van der Waals surface area contributed by atoms with Crippen LogP contribution in [-0.4, -0.2) is 9.97 Å². The van der Waals surface area contributed by atoms with E-state index in [-0.39, 0.29) is 5.52 Å². The summed E-state index contributed by atoms with van der Waals surface area (Å²) in [7, 11) is 0. The lowest BCUT2D eigenvalue weighted by Gasteiger charge is -2.01. The summed E-state index contributed by atoms with van der Waals surface area (Å²) in [5.74, 6) is -0.782. The summed E-state index contributed by atoms with van der Waals surface area (Å²) in [4.78, 5) is 7.12. The second kappa shape index (κ2) is 4.42. The van der Waals surface area contributed by atoms with Crippen LogP contribution in [0.2, 0.25) is 0 Å². The van der Waals surface area contributed by atoms with Crippen LogP contribution in [0.4, 0.5) is 8.78 Å². The standard InChI is InChI=1S/C14H9BrF2N2/c1-7-2-3-9(10(15)4-7)14-18-12-6-8(16)5-11(17)13(12)19-14/h2-6H,1H3,(H,18,19). The van der Waals surface area contributed by atoms with Crippen molar-refractivity contribution in [1.29, 1.82) is 0 Å². The lowest BCUT2D eigenvalue weighted by molar-refractivity contribution is 0.591. The van der Waals surface area contributed by atoms with E-state index >= 15 is 0 Å². The number of hydrogen-bond acceptors (Lipinski definition) is 1. The fourth-order valence-corrected chi connectivity index (χ4v) is 2.66. The molecule has 1 N–H and O–H groups in total. The van der Waals surface area contributed by atoms with Gasteiger partial charge in [-0.1, -0.05) is 22.0 Å². The fraction of sp³-hybridized carbons (Fsp3) is 0.0714. The lowest BCUT2D eigenvalue weighted by atomic mass is 10.1. The first kappa shape index (κ1) is 12.3. The molecular formula is C14H9BrF2N2. The first-order chi connectivity index (χ1) is 9.04. The first-order valence-electron chi connectivity index (χ1n) is 5.66. The molecule has 0 unspecified atom stereocenters. The minimum absolute atomic E-state index is 0.142. The van der Waals surface area contributed by atoms with Gasteiger partial charge < -0.3 is 4.98 Å². The molecular weight excluding hydrogens is 314 g/mol. The number of aromatic nitrogens is 2. The SMILES string of the molecule is Cc1ccc(-c2nc3c(F)cc(F)cc3[nH]2)c(Br)c1. The minimum Gasteiger partial charge on any atom is -0.338 e. The summed E-state index contributed by atoms with van der Waals surface area (Å²) in [6.07, 6.45) is 0. The highest BCUT2D eigenvalue weighted by molar-refractivity contribution is 9.10. The van der Waals surface area contributed by atoms with Crippen molar-refractivity contribution >= 4 is 27.0 Å². The average Bonchev–Trinajstić information content (AvgIpc) is 2.72. The molecule has 0 spiro atoms. The highest BCUT2D eigenvalue weighted by Gasteiger charge is 2.12. The Balaban J connectivity index is 2.23. The monoisotopic (exact) mass is 322 g/mol. The Kier molecular flexibility index (Phi) is 2.86. The van der Waals surface area contributed by atoms with Gasteiger partial charge in [-0.15, -0.1) is 0 Å². The number of nitrogens with zero attached hydrogens (tertiary/aromatic N) is 1.